The molecule has 0 radical (unpaired) electrons. The number of rotatable bonds is 5. The van der Waals surface area contributed by atoms with Crippen LogP contribution in [0.2, 0.25) is 0 Å². The van der Waals surface area contributed by atoms with E-state index >= 15 is 0 Å². The van der Waals surface area contributed by atoms with Gasteiger partial charge in [0.05, 0.1) is 23.6 Å². The second kappa shape index (κ2) is 8.09. The molecule has 3 heterocycles. The Morgan fingerprint density at radius 2 is 2.00 bits per heavy atom. The SMILES string of the molecule is CC1=C2c3ccc(-c4cnn(C)c4)cc3C(Nc3ccc(CCO)cc3)CCN2NN1. The molecular weight excluding hydrogens is 388 g/mol. The third-order valence-corrected chi connectivity index (χ3v) is 6.06. The Bertz CT molecular complexity index is 1120. The molecule has 0 saturated heterocycles. The van der Waals surface area contributed by atoms with Crippen molar-refractivity contribution in [2.45, 2.75) is 25.8 Å². The smallest absolute Gasteiger partial charge is 0.0814 e. The predicted octanol–water partition coefficient (Wildman–Crippen LogP) is 3.19. The third kappa shape index (κ3) is 3.78. The minimum atomic E-state index is 0.169. The number of anilines is 1. The number of aromatic nitrogens is 2. The van der Waals surface area contributed by atoms with E-state index in [9.17, 15) is 5.11 Å². The van der Waals surface area contributed by atoms with E-state index in [-0.39, 0.29) is 12.6 Å². The van der Waals surface area contributed by atoms with Gasteiger partial charge >= 0.3 is 0 Å². The lowest BCUT2D eigenvalue weighted by molar-refractivity contribution is 0.281. The summed E-state index contributed by atoms with van der Waals surface area (Å²) in [5.74, 6) is 0. The quantitative estimate of drug-likeness (QED) is 0.512. The van der Waals surface area contributed by atoms with Crippen LogP contribution in [0.15, 0.2) is 60.6 Å². The molecule has 4 N–H and O–H groups in total. The van der Waals surface area contributed by atoms with Gasteiger partial charge in [0, 0.05) is 43.2 Å². The summed E-state index contributed by atoms with van der Waals surface area (Å²) in [5.41, 5.74) is 15.9. The van der Waals surface area contributed by atoms with Crippen molar-refractivity contribution >= 4 is 11.4 Å². The Morgan fingerprint density at radius 1 is 1.16 bits per heavy atom. The average Bonchev–Trinajstić information content (AvgIpc) is 3.33. The zero-order valence-electron chi connectivity index (χ0n) is 17.9. The third-order valence-electron chi connectivity index (χ3n) is 6.06. The van der Waals surface area contributed by atoms with Crippen molar-refractivity contribution in [1.82, 2.24) is 25.7 Å². The van der Waals surface area contributed by atoms with Crippen LogP contribution in [0.4, 0.5) is 5.69 Å². The van der Waals surface area contributed by atoms with Crippen molar-refractivity contribution in [2.75, 3.05) is 18.5 Å². The molecule has 2 aliphatic heterocycles. The highest BCUT2D eigenvalue weighted by atomic mass is 16.2. The summed E-state index contributed by atoms with van der Waals surface area (Å²) in [6.07, 6.45) is 5.60. The number of fused-ring (bicyclic) bond motifs is 3. The lowest BCUT2D eigenvalue weighted by Gasteiger charge is -2.21. The van der Waals surface area contributed by atoms with Crippen LogP contribution >= 0.6 is 0 Å². The fourth-order valence-electron chi connectivity index (χ4n) is 4.46. The highest BCUT2D eigenvalue weighted by molar-refractivity contribution is 5.75. The van der Waals surface area contributed by atoms with Gasteiger partial charge in [-0.3, -0.25) is 9.69 Å². The molecule has 2 aromatic carbocycles. The standard InChI is InChI=1S/C24H28N6O/c1-16-24-21-8-5-18(19-14-25-29(2)15-19)13-22(21)23(9-11-30(24)28-27-16)26-20-6-3-17(4-7-20)10-12-31/h3-8,13-15,23,26-28,31H,9-12H2,1-2H3. The number of allylic oxidation sites excluding steroid dienone is 1. The lowest BCUT2D eigenvalue weighted by Crippen LogP contribution is -2.37. The summed E-state index contributed by atoms with van der Waals surface area (Å²) in [6, 6.07) is 15.2. The molecule has 7 heteroatoms. The van der Waals surface area contributed by atoms with E-state index in [0.717, 1.165) is 35.5 Å². The van der Waals surface area contributed by atoms with Gasteiger partial charge in [-0.25, -0.2) is 0 Å². The Morgan fingerprint density at radius 3 is 2.74 bits per heavy atom. The van der Waals surface area contributed by atoms with Crippen LogP contribution in [0.5, 0.6) is 0 Å². The van der Waals surface area contributed by atoms with Crippen LogP contribution in [-0.2, 0) is 13.5 Å². The maximum atomic E-state index is 9.17. The van der Waals surface area contributed by atoms with Gasteiger partial charge in [0.25, 0.3) is 0 Å². The minimum absolute atomic E-state index is 0.169. The normalized spacial score (nSPS) is 17.8. The summed E-state index contributed by atoms with van der Waals surface area (Å²) >= 11 is 0. The van der Waals surface area contributed by atoms with E-state index in [2.05, 4.69) is 82.0 Å². The average molecular weight is 417 g/mol. The Labute approximate surface area is 182 Å². The molecule has 31 heavy (non-hydrogen) atoms. The second-order valence-corrected chi connectivity index (χ2v) is 8.22. The zero-order valence-corrected chi connectivity index (χ0v) is 17.9. The molecule has 5 rings (SSSR count). The summed E-state index contributed by atoms with van der Waals surface area (Å²) in [5, 5.41) is 19.5. The Balaban J connectivity index is 1.54. The van der Waals surface area contributed by atoms with Crippen molar-refractivity contribution in [1.29, 1.82) is 0 Å². The number of hydrogen-bond acceptors (Lipinski definition) is 6. The molecule has 1 aromatic heterocycles. The predicted molar refractivity (Wildman–Crippen MR) is 122 cm³/mol. The van der Waals surface area contributed by atoms with Crippen molar-refractivity contribution in [3.8, 4) is 11.1 Å². The molecule has 0 bridgehead atoms. The number of benzene rings is 2. The summed E-state index contributed by atoms with van der Waals surface area (Å²) in [4.78, 5) is 0. The summed E-state index contributed by atoms with van der Waals surface area (Å²) < 4.78 is 1.84. The Hall–Kier alpha value is -3.29. The van der Waals surface area contributed by atoms with Crippen LogP contribution < -0.4 is 16.3 Å². The first-order valence-corrected chi connectivity index (χ1v) is 10.7. The van der Waals surface area contributed by atoms with Gasteiger partial charge in [-0.15, -0.1) is 5.53 Å². The highest BCUT2D eigenvalue weighted by Crippen LogP contribution is 2.39. The van der Waals surface area contributed by atoms with Crippen LogP contribution in [0, 0.1) is 0 Å². The van der Waals surface area contributed by atoms with Crippen molar-refractivity contribution < 1.29 is 5.11 Å². The molecule has 0 spiro atoms. The van der Waals surface area contributed by atoms with E-state index in [1.165, 1.54) is 22.4 Å². The van der Waals surface area contributed by atoms with Gasteiger partial charge in [-0.2, -0.15) is 5.10 Å². The number of aliphatic hydroxyl groups is 1. The van der Waals surface area contributed by atoms with Crippen molar-refractivity contribution in [2.24, 2.45) is 7.05 Å². The number of aliphatic hydroxyl groups excluding tert-OH is 1. The summed E-state index contributed by atoms with van der Waals surface area (Å²) in [7, 11) is 1.94. The fraction of sp³-hybridized carbons (Fsp3) is 0.292. The lowest BCUT2D eigenvalue weighted by atomic mass is 9.93. The van der Waals surface area contributed by atoms with Crippen LogP contribution in [0.3, 0.4) is 0 Å². The molecule has 3 aromatic rings. The molecule has 0 fully saturated rings. The first-order valence-electron chi connectivity index (χ1n) is 10.7. The van der Waals surface area contributed by atoms with Gasteiger partial charge < -0.3 is 15.8 Å². The van der Waals surface area contributed by atoms with Gasteiger partial charge in [0.1, 0.15) is 0 Å². The minimum Gasteiger partial charge on any atom is -0.396 e. The topological polar surface area (TPSA) is 77.4 Å². The van der Waals surface area contributed by atoms with Crippen molar-refractivity contribution in [3.05, 3.63) is 77.2 Å². The van der Waals surface area contributed by atoms with E-state index in [4.69, 9.17) is 0 Å². The van der Waals surface area contributed by atoms with Gasteiger partial charge in [0.2, 0.25) is 0 Å². The maximum Gasteiger partial charge on any atom is 0.0814 e. The van der Waals surface area contributed by atoms with E-state index in [1.54, 1.807) is 0 Å². The second-order valence-electron chi connectivity index (χ2n) is 8.22. The van der Waals surface area contributed by atoms with Crippen molar-refractivity contribution in [3.63, 3.8) is 0 Å². The number of aryl methyl sites for hydroxylation is 1. The molecule has 0 aliphatic carbocycles. The molecule has 1 unspecified atom stereocenters. The van der Waals surface area contributed by atoms with E-state index < -0.39 is 0 Å². The van der Waals surface area contributed by atoms with Gasteiger partial charge in [-0.1, -0.05) is 24.3 Å². The van der Waals surface area contributed by atoms with E-state index in [1.807, 2.05) is 17.9 Å². The summed E-state index contributed by atoms with van der Waals surface area (Å²) in [6.45, 7) is 3.16. The first-order chi connectivity index (χ1) is 15.1. The first kappa shape index (κ1) is 19.7. The highest BCUT2D eigenvalue weighted by Gasteiger charge is 2.30. The maximum absolute atomic E-state index is 9.17. The Kier molecular flexibility index (Phi) is 5.13. The van der Waals surface area contributed by atoms with Crippen LogP contribution in [0.1, 0.15) is 36.1 Å². The molecule has 160 valence electrons. The molecule has 0 amide bonds. The molecular formula is C24H28N6O. The monoisotopic (exact) mass is 416 g/mol. The van der Waals surface area contributed by atoms with E-state index in [0.29, 0.717) is 6.42 Å². The number of hydrogen-bond donors (Lipinski definition) is 4. The molecule has 0 saturated carbocycles. The van der Waals surface area contributed by atoms with Gasteiger partial charge in [-0.05, 0) is 54.7 Å². The zero-order chi connectivity index (χ0) is 21.4. The number of nitrogens with zero attached hydrogens (tertiary/aromatic N) is 3. The molecule has 2 aliphatic rings. The fourth-order valence-corrected chi connectivity index (χ4v) is 4.46. The number of nitrogens with one attached hydrogen (secondary N) is 3. The number of hydrazine groups is 2. The molecule has 1 atom stereocenters. The largest absolute Gasteiger partial charge is 0.396 e. The van der Waals surface area contributed by atoms with Crippen LogP contribution in [-0.4, -0.2) is 33.0 Å². The van der Waals surface area contributed by atoms with Gasteiger partial charge in [0.15, 0.2) is 0 Å². The van der Waals surface area contributed by atoms with Crippen LogP contribution in [0.25, 0.3) is 16.8 Å². The molecule has 7 nitrogen and oxygen atoms in total.